The first-order valence-electron chi connectivity index (χ1n) is 6.82. The smallest absolute Gasteiger partial charge is 0.314 e. The first-order chi connectivity index (χ1) is 8.08. The normalized spacial score (nSPS) is 24.4. The number of amides is 2. The first kappa shape index (κ1) is 12.7. The molecule has 2 aliphatic rings. The molecule has 0 aliphatic heterocycles. The molecule has 2 saturated carbocycles. The molecule has 2 amide bonds. The van der Waals surface area contributed by atoms with E-state index in [1.165, 1.54) is 12.8 Å². The van der Waals surface area contributed by atoms with E-state index < -0.39 is 5.60 Å². The van der Waals surface area contributed by atoms with Gasteiger partial charge in [0.25, 0.3) is 0 Å². The highest BCUT2D eigenvalue weighted by Crippen LogP contribution is 2.47. The molecule has 17 heavy (non-hydrogen) atoms. The van der Waals surface area contributed by atoms with Gasteiger partial charge in [-0.05, 0) is 37.5 Å². The number of aliphatic hydroxyl groups is 1. The molecule has 98 valence electrons. The Kier molecular flexibility index (Phi) is 3.61. The predicted octanol–water partition coefficient (Wildman–Crippen LogP) is 1.78. The maximum absolute atomic E-state index is 11.6. The first-order valence-corrected chi connectivity index (χ1v) is 6.82. The van der Waals surface area contributed by atoms with Crippen molar-refractivity contribution in [2.75, 3.05) is 13.1 Å². The molecule has 0 aromatic carbocycles. The van der Waals surface area contributed by atoms with Crippen LogP contribution in [-0.4, -0.2) is 29.8 Å². The van der Waals surface area contributed by atoms with Gasteiger partial charge >= 0.3 is 6.03 Å². The molecule has 3 N–H and O–H groups in total. The molecule has 2 rings (SSSR count). The quantitative estimate of drug-likeness (QED) is 0.686. The van der Waals surface area contributed by atoms with Crippen molar-refractivity contribution in [1.82, 2.24) is 10.6 Å². The molecule has 0 spiro atoms. The number of urea groups is 1. The number of hydrogen-bond donors (Lipinski definition) is 3. The van der Waals surface area contributed by atoms with E-state index in [-0.39, 0.29) is 6.03 Å². The van der Waals surface area contributed by atoms with Crippen molar-refractivity contribution in [3.8, 4) is 0 Å². The van der Waals surface area contributed by atoms with Gasteiger partial charge in [0.15, 0.2) is 0 Å². The lowest BCUT2D eigenvalue weighted by atomic mass is 10.0. The summed E-state index contributed by atoms with van der Waals surface area (Å²) in [6.45, 7) is 3.33. The molecule has 0 aromatic rings. The highest BCUT2D eigenvalue weighted by atomic mass is 16.3. The number of carbonyl (C=O) groups is 1. The lowest BCUT2D eigenvalue weighted by molar-refractivity contribution is 0.0501. The van der Waals surface area contributed by atoms with E-state index in [4.69, 9.17) is 0 Å². The molecule has 2 aliphatic carbocycles. The minimum absolute atomic E-state index is 0.134. The van der Waals surface area contributed by atoms with Gasteiger partial charge in [0.05, 0.1) is 5.60 Å². The van der Waals surface area contributed by atoms with E-state index in [1.54, 1.807) is 0 Å². The van der Waals surface area contributed by atoms with Crippen molar-refractivity contribution in [2.45, 2.75) is 57.5 Å². The van der Waals surface area contributed by atoms with Gasteiger partial charge in [-0.2, -0.15) is 0 Å². The van der Waals surface area contributed by atoms with Crippen LogP contribution < -0.4 is 10.6 Å². The molecule has 0 saturated heterocycles. The highest BCUT2D eigenvalue weighted by molar-refractivity contribution is 5.74. The molecule has 0 aromatic heterocycles. The highest BCUT2D eigenvalue weighted by Gasteiger charge is 2.40. The summed E-state index contributed by atoms with van der Waals surface area (Å²) in [6.07, 6.45) is 7.36. The molecule has 0 unspecified atom stereocenters. The summed E-state index contributed by atoms with van der Waals surface area (Å²) >= 11 is 0. The summed E-state index contributed by atoms with van der Waals surface area (Å²) in [4.78, 5) is 11.6. The third-order valence-electron chi connectivity index (χ3n) is 4.44. The van der Waals surface area contributed by atoms with E-state index >= 15 is 0 Å². The fourth-order valence-corrected chi connectivity index (χ4v) is 2.62. The third-order valence-corrected chi connectivity index (χ3v) is 4.44. The zero-order valence-corrected chi connectivity index (χ0v) is 10.7. The average molecular weight is 240 g/mol. The number of rotatable bonds is 5. The van der Waals surface area contributed by atoms with E-state index in [2.05, 4.69) is 17.6 Å². The summed E-state index contributed by atoms with van der Waals surface area (Å²) in [5.41, 5.74) is -0.277. The van der Waals surface area contributed by atoms with E-state index in [0.717, 1.165) is 38.6 Å². The van der Waals surface area contributed by atoms with Crippen LogP contribution >= 0.6 is 0 Å². The molecular weight excluding hydrogens is 216 g/mol. The predicted molar refractivity (Wildman–Crippen MR) is 66.8 cm³/mol. The van der Waals surface area contributed by atoms with Crippen molar-refractivity contribution in [3.05, 3.63) is 0 Å². The standard InChI is InChI=1S/C13H24N2O2/c1-2-12(7-8-12)9-14-11(16)15-10-13(17)5-3-4-6-13/h17H,2-10H2,1H3,(H2,14,15,16). The number of carbonyl (C=O) groups excluding carboxylic acids is 1. The Labute approximate surface area is 103 Å². The molecule has 0 radical (unpaired) electrons. The summed E-state index contributed by atoms with van der Waals surface area (Å²) in [7, 11) is 0. The topological polar surface area (TPSA) is 61.4 Å². The fourth-order valence-electron chi connectivity index (χ4n) is 2.62. The fraction of sp³-hybridized carbons (Fsp3) is 0.923. The monoisotopic (exact) mass is 240 g/mol. The van der Waals surface area contributed by atoms with Crippen molar-refractivity contribution < 1.29 is 9.90 Å². The van der Waals surface area contributed by atoms with Crippen LogP contribution in [0.15, 0.2) is 0 Å². The molecular formula is C13H24N2O2. The summed E-state index contributed by atoms with van der Waals surface area (Å²) < 4.78 is 0. The zero-order chi connectivity index (χ0) is 12.4. The van der Waals surface area contributed by atoms with E-state index in [0.29, 0.717) is 12.0 Å². The second-order valence-corrected chi connectivity index (χ2v) is 5.82. The van der Waals surface area contributed by atoms with Gasteiger partial charge in [-0.1, -0.05) is 19.8 Å². The van der Waals surface area contributed by atoms with Crippen LogP contribution in [0.4, 0.5) is 4.79 Å². The van der Waals surface area contributed by atoms with Gasteiger partial charge in [-0.15, -0.1) is 0 Å². The molecule has 4 heteroatoms. The van der Waals surface area contributed by atoms with Crippen molar-refractivity contribution in [2.24, 2.45) is 5.41 Å². The Balaban J connectivity index is 1.64. The minimum atomic E-state index is -0.653. The Hall–Kier alpha value is -0.770. The lowest BCUT2D eigenvalue weighted by Gasteiger charge is -2.23. The second kappa shape index (κ2) is 4.84. The van der Waals surface area contributed by atoms with Gasteiger partial charge < -0.3 is 15.7 Å². The van der Waals surface area contributed by atoms with Crippen LogP contribution in [0.1, 0.15) is 51.9 Å². The Morgan fingerprint density at radius 3 is 2.24 bits per heavy atom. The van der Waals surface area contributed by atoms with E-state index in [1.807, 2.05) is 0 Å². The molecule has 2 fully saturated rings. The minimum Gasteiger partial charge on any atom is -0.388 e. The molecule has 0 bridgehead atoms. The van der Waals surface area contributed by atoms with Gasteiger partial charge in [0.1, 0.15) is 0 Å². The third kappa shape index (κ3) is 3.35. The molecule has 4 nitrogen and oxygen atoms in total. The Bertz CT molecular complexity index is 281. The Morgan fingerprint density at radius 1 is 1.12 bits per heavy atom. The van der Waals surface area contributed by atoms with Gasteiger partial charge in [-0.3, -0.25) is 0 Å². The number of hydrogen-bond acceptors (Lipinski definition) is 2. The van der Waals surface area contributed by atoms with Gasteiger partial charge in [0.2, 0.25) is 0 Å². The summed E-state index contributed by atoms with van der Waals surface area (Å²) in [5, 5.41) is 15.8. The second-order valence-electron chi connectivity index (χ2n) is 5.82. The maximum Gasteiger partial charge on any atom is 0.314 e. The van der Waals surface area contributed by atoms with E-state index in [9.17, 15) is 9.90 Å². The van der Waals surface area contributed by atoms with Crippen LogP contribution in [0.5, 0.6) is 0 Å². The van der Waals surface area contributed by atoms with Crippen molar-refractivity contribution in [1.29, 1.82) is 0 Å². The van der Waals surface area contributed by atoms with Gasteiger partial charge in [-0.25, -0.2) is 4.79 Å². The van der Waals surface area contributed by atoms with Crippen LogP contribution in [0, 0.1) is 5.41 Å². The average Bonchev–Trinajstić information content (AvgIpc) is 3.00. The van der Waals surface area contributed by atoms with Crippen LogP contribution in [0.25, 0.3) is 0 Å². The van der Waals surface area contributed by atoms with Crippen molar-refractivity contribution in [3.63, 3.8) is 0 Å². The molecule has 0 heterocycles. The maximum atomic E-state index is 11.6. The lowest BCUT2D eigenvalue weighted by Crippen LogP contribution is -2.46. The van der Waals surface area contributed by atoms with Crippen molar-refractivity contribution >= 4 is 6.03 Å². The Morgan fingerprint density at radius 2 is 1.71 bits per heavy atom. The number of nitrogens with one attached hydrogen (secondary N) is 2. The largest absolute Gasteiger partial charge is 0.388 e. The van der Waals surface area contributed by atoms with Gasteiger partial charge in [0, 0.05) is 13.1 Å². The van der Waals surface area contributed by atoms with Crippen LogP contribution in [0.2, 0.25) is 0 Å². The summed E-state index contributed by atoms with van der Waals surface area (Å²) in [5.74, 6) is 0. The van der Waals surface area contributed by atoms with Crippen LogP contribution in [-0.2, 0) is 0 Å². The van der Waals surface area contributed by atoms with Crippen LogP contribution in [0.3, 0.4) is 0 Å². The summed E-state index contributed by atoms with van der Waals surface area (Å²) in [6, 6.07) is -0.134. The molecule has 0 atom stereocenters. The zero-order valence-electron chi connectivity index (χ0n) is 10.7. The SMILES string of the molecule is CCC1(CNC(=O)NCC2(O)CCCC2)CC1.